The lowest BCUT2D eigenvalue weighted by Gasteiger charge is -2.03. The van der Waals surface area contributed by atoms with Crippen molar-refractivity contribution in [3.05, 3.63) is 62.7 Å². The minimum Gasteiger partial charge on any atom is -0.301 e. The molecular weight excluding hydrogens is 388 g/mol. The second-order valence-electron chi connectivity index (χ2n) is 5.84. The molecule has 0 radical (unpaired) electrons. The first-order valence-corrected chi connectivity index (χ1v) is 9.13. The van der Waals surface area contributed by atoms with Crippen LogP contribution in [-0.4, -0.2) is 30.2 Å². The third kappa shape index (κ3) is 3.11. The number of amides is 1. The van der Waals surface area contributed by atoms with E-state index in [4.69, 9.17) is 11.6 Å². The minimum atomic E-state index is -0.484. The van der Waals surface area contributed by atoms with Crippen molar-refractivity contribution in [2.24, 2.45) is 7.05 Å². The van der Waals surface area contributed by atoms with Crippen LogP contribution >= 0.6 is 22.9 Å². The van der Waals surface area contributed by atoms with E-state index in [9.17, 15) is 9.59 Å². The molecule has 10 heteroatoms. The van der Waals surface area contributed by atoms with Crippen molar-refractivity contribution < 1.29 is 4.79 Å². The first-order chi connectivity index (χ1) is 12.9. The van der Waals surface area contributed by atoms with Gasteiger partial charge in [0.2, 0.25) is 0 Å². The summed E-state index contributed by atoms with van der Waals surface area (Å²) in [7, 11) is 1.59. The van der Waals surface area contributed by atoms with Crippen molar-refractivity contribution in [3.8, 4) is 5.69 Å². The van der Waals surface area contributed by atoms with E-state index in [0.717, 1.165) is 5.69 Å². The van der Waals surface area contributed by atoms with Crippen LogP contribution in [0.15, 0.2) is 40.8 Å². The minimum absolute atomic E-state index is 0.0468. The lowest BCUT2D eigenvalue weighted by atomic mass is 10.3. The molecule has 3 heterocycles. The van der Waals surface area contributed by atoms with Gasteiger partial charge in [0, 0.05) is 17.5 Å². The van der Waals surface area contributed by atoms with Crippen molar-refractivity contribution in [1.29, 1.82) is 0 Å². The summed E-state index contributed by atoms with van der Waals surface area (Å²) in [6.07, 6.45) is 1.36. The Morgan fingerprint density at radius 1 is 1.26 bits per heavy atom. The maximum Gasteiger partial charge on any atom is 0.280 e. The smallest absolute Gasteiger partial charge is 0.280 e. The Kier molecular flexibility index (Phi) is 4.25. The van der Waals surface area contributed by atoms with Gasteiger partial charge in [-0.15, -0.1) is 11.3 Å². The zero-order valence-corrected chi connectivity index (χ0v) is 15.9. The van der Waals surface area contributed by atoms with Gasteiger partial charge in [0.15, 0.2) is 16.3 Å². The van der Waals surface area contributed by atoms with Crippen molar-refractivity contribution in [2.75, 3.05) is 5.32 Å². The molecular formula is C17H13ClN6O2S. The highest BCUT2D eigenvalue weighted by Crippen LogP contribution is 2.21. The van der Waals surface area contributed by atoms with E-state index in [-0.39, 0.29) is 22.3 Å². The number of nitrogens with zero attached hydrogens (tertiary/aromatic N) is 5. The number of anilines is 1. The Hall–Kier alpha value is -3.04. The molecule has 0 aliphatic carbocycles. The number of benzene rings is 1. The molecule has 0 bridgehead atoms. The largest absolute Gasteiger partial charge is 0.301 e. The molecule has 1 amide bonds. The molecule has 4 rings (SSSR count). The average Bonchev–Trinajstić information content (AvgIpc) is 3.23. The number of hydrogen-bond donors (Lipinski definition) is 1. The van der Waals surface area contributed by atoms with Crippen LogP contribution in [0.2, 0.25) is 5.02 Å². The molecule has 4 aromatic rings. The monoisotopic (exact) mass is 400 g/mol. The summed E-state index contributed by atoms with van der Waals surface area (Å²) in [5.74, 6) is -0.484. The van der Waals surface area contributed by atoms with Gasteiger partial charge < -0.3 is 4.57 Å². The summed E-state index contributed by atoms with van der Waals surface area (Å²) in [6.45, 7) is 1.84. The van der Waals surface area contributed by atoms with E-state index >= 15 is 0 Å². The molecule has 0 saturated carbocycles. The van der Waals surface area contributed by atoms with E-state index in [1.54, 1.807) is 31.3 Å². The maximum absolute atomic E-state index is 12.7. The molecule has 1 aromatic carbocycles. The third-order valence-corrected chi connectivity index (χ3v) is 5.00. The van der Waals surface area contributed by atoms with Crippen molar-refractivity contribution >= 4 is 45.0 Å². The number of aryl methyl sites for hydroxylation is 2. The average molecular weight is 401 g/mol. The fraction of sp³-hybridized carbons (Fsp3) is 0.118. The van der Waals surface area contributed by atoms with Gasteiger partial charge in [0.05, 0.1) is 17.7 Å². The highest BCUT2D eigenvalue weighted by molar-refractivity contribution is 7.13. The van der Waals surface area contributed by atoms with Crippen LogP contribution in [0.3, 0.4) is 0 Å². The topological polar surface area (TPSA) is 94.7 Å². The molecule has 0 saturated heterocycles. The number of hydrogen-bond acceptors (Lipinski definition) is 6. The highest BCUT2D eigenvalue weighted by Gasteiger charge is 2.23. The van der Waals surface area contributed by atoms with Gasteiger partial charge in [0.1, 0.15) is 5.52 Å². The lowest BCUT2D eigenvalue weighted by molar-refractivity contribution is 0.102. The van der Waals surface area contributed by atoms with Crippen LogP contribution in [0.5, 0.6) is 0 Å². The fourth-order valence-electron chi connectivity index (χ4n) is 2.58. The number of halogens is 1. The number of carbonyl (C=O) groups excluding carboxylic acids is 1. The number of aromatic nitrogens is 5. The van der Waals surface area contributed by atoms with E-state index < -0.39 is 5.91 Å². The van der Waals surface area contributed by atoms with E-state index in [1.807, 2.05) is 12.3 Å². The Balaban J connectivity index is 1.89. The zero-order valence-electron chi connectivity index (χ0n) is 14.3. The first kappa shape index (κ1) is 17.4. The predicted octanol–water partition coefficient (Wildman–Crippen LogP) is 2.79. The quantitative estimate of drug-likeness (QED) is 0.570. The van der Waals surface area contributed by atoms with Gasteiger partial charge in [0.25, 0.3) is 11.5 Å². The molecule has 1 N–H and O–H groups in total. The zero-order chi connectivity index (χ0) is 19.1. The second-order valence-corrected chi connectivity index (χ2v) is 7.14. The summed E-state index contributed by atoms with van der Waals surface area (Å²) >= 11 is 7.25. The predicted molar refractivity (Wildman–Crippen MR) is 104 cm³/mol. The van der Waals surface area contributed by atoms with Gasteiger partial charge in [-0.1, -0.05) is 11.6 Å². The standard InChI is InChI=1S/C17H13ClN6O2S/c1-9-7-27-17(20-9)21-15(25)13-12-14(16(26)23(2)8-19-12)24(22-13)11-5-3-10(18)4-6-11/h3-8H,1-2H3,(H,20,21,25). The third-order valence-electron chi connectivity index (χ3n) is 3.87. The fourth-order valence-corrected chi connectivity index (χ4v) is 3.39. The summed E-state index contributed by atoms with van der Waals surface area (Å²) in [4.78, 5) is 33.9. The Labute approximate surface area is 162 Å². The number of carbonyl (C=O) groups is 1. The molecule has 8 nitrogen and oxygen atoms in total. The van der Waals surface area contributed by atoms with Crippen LogP contribution in [-0.2, 0) is 7.05 Å². The van der Waals surface area contributed by atoms with E-state index in [1.165, 1.54) is 26.9 Å². The van der Waals surface area contributed by atoms with Crippen molar-refractivity contribution in [3.63, 3.8) is 0 Å². The van der Waals surface area contributed by atoms with Gasteiger partial charge in [-0.25, -0.2) is 14.6 Å². The molecule has 0 aliphatic rings. The van der Waals surface area contributed by atoms with Crippen molar-refractivity contribution in [2.45, 2.75) is 6.92 Å². The number of rotatable bonds is 3. The van der Waals surface area contributed by atoms with Gasteiger partial charge >= 0.3 is 0 Å². The molecule has 136 valence electrons. The Bertz CT molecular complexity index is 1220. The van der Waals surface area contributed by atoms with Crippen LogP contribution in [0.1, 0.15) is 16.2 Å². The molecule has 0 aliphatic heterocycles. The highest BCUT2D eigenvalue weighted by atomic mass is 35.5. The van der Waals surface area contributed by atoms with Gasteiger partial charge in [-0.2, -0.15) is 5.10 Å². The SMILES string of the molecule is Cc1csc(NC(=O)c2nn(-c3ccc(Cl)cc3)c3c(=O)n(C)cnc23)n1. The van der Waals surface area contributed by atoms with Crippen LogP contribution in [0, 0.1) is 6.92 Å². The number of thiazole rings is 1. The van der Waals surface area contributed by atoms with E-state index in [2.05, 4.69) is 20.4 Å². The van der Waals surface area contributed by atoms with Crippen molar-refractivity contribution in [1.82, 2.24) is 24.3 Å². The number of fused-ring (bicyclic) bond motifs is 1. The van der Waals surface area contributed by atoms with E-state index in [0.29, 0.717) is 15.8 Å². The van der Waals surface area contributed by atoms with Crippen LogP contribution in [0.25, 0.3) is 16.7 Å². The molecule has 3 aromatic heterocycles. The molecule has 0 atom stereocenters. The second kappa shape index (κ2) is 6.60. The Morgan fingerprint density at radius 3 is 2.67 bits per heavy atom. The number of nitrogens with one attached hydrogen (secondary N) is 1. The lowest BCUT2D eigenvalue weighted by Crippen LogP contribution is -2.19. The molecule has 0 unspecified atom stereocenters. The summed E-state index contributed by atoms with van der Waals surface area (Å²) in [6, 6.07) is 6.80. The molecule has 0 fully saturated rings. The van der Waals surface area contributed by atoms with Crippen LogP contribution < -0.4 is 10.9 Å². The first-order valence-electron chi connectivity index (χ1n) is 7.88. The summed E-state index contributed by atoms with van der Waals surface area (Å²) in [5.41, 5.74) is 1.57. The van der Waals surface area contributed by atoms with Gasteiger partial charge in [-0.05, 0) is 31.2 Å². The van der Waals surface area contributed by atoms with Crippen LogP contribution in [0.4, 0.5) is 5.13 Å². The Morgan fingerprint density at radius 2 is 2.00 bits per heavy atom. The maximum atomic E-state index is 12.7. The summed E-state index contributed by atoms with van der Waals surface area (Å²) in [5, 5.41) is 9.89. The van der Waals surface area contributed by atoms with Gasteiger partial charge in [-0.3, -0.25) is 14.9 Å². The normalized spacial score (nSPS) is 11.1. The molecule has 0 spiro atoms. The molecule has 27 heavy (non-hydrogen) atoms. The summed E-state index contributed by atoms with van der Waals surface area (Å²) < 4.78 is 2.74.